The van der Waals surface area contributed by atoms with Crippen LogP contribution in [0.5, 0.6) is 0 Å². The molecule has 0 saturated carbocycles. The predicted molar refractivity (Wildman–Crippen MR) is 7.44 cm³/mol. The van der Waals surface area contributed by atoms with Gasteiger partial charge in [-0.25, -0.2) is 0 Å². The van der Waals surface area contributed by atoms with Crippen LogP contribution in [0, 0.1) is 0 Å². The second-order valence-electron chi connectivity index (χ2n) is 0.504. The van der Waals surface area contributed by atoms with Crippen molar-refractivity contribution in [2.45, 2.75) is 0 Å². The van der Waals surface area contributed by atoms with Crippen LogP contribution >= 0.6 is 0 Å². The van der Waals surface area contributed by atoms with Gasteiger partial charge in [0.15, 0.2) is 0 Å². The Bertz CT molecular complexity index is 132. The molecule has 0 unspecified atom stereocenters. The SMILES string of the molecule is O=C[O-].[Cs+].[Cs+].[Cs+].[O]=[W](=[O])([O-])[O-]. The molecule has 0 fully saturated rings. The molecule has 0 atom stereocenters. The first-order chi connectivity index (χ1) is 3.41. The molecule has 0 N–H and O–H groups in total. The molecule has 0 rings (SSSR count). The van der Waals surface area contributed by atoms with E-state index in [4.69, 9.17) is 24.2 Å². The summed E-state index contributed by atoms with van der Waals surface area (Å²) >= 11 is -6.17. The van der Waals surface area contributed by atoms with E-state index in [0.717, 1.165) is 0 Å². The number of carboxylic acid groups (broad SMARTS) is 1. The Morgan fingerprint density at radius 1 is 1.00 bits per heavy atom. The second-order valence-corrected chi connectivity index (χ2v) is 3.44. The van der Waals surface area contributed by atoms with Crippen molar-refractivity contribution >= 4 is 6.47 Å². The maximum atomic E-state index is 8.65. The fraction of sp³-hybridized carbons (Fsp3) is 0. The molecular formula is CHCs3O6W. The molecule has 50 valence electrons. The third-order valence-corrected chi connectivity index (χ3v) is 0. The minimum atomic E-state index is -6.17. The summed E-state index contributed by atoms with van der Waals surface area (Å²) in [5.74, 6) is 0. The first kappa shape index (κ1) is 30.1. The van der Waals surface area contributed by atoms with E-state index in [1.807, 2.05) is 0 Å². The van der Waals surface area contributed by atoms with Crippen LogP contribution in [0.1, 0.15) is 0 Å². The van der Waals surface area contributed by atoms with Crippen molar-refractivity contribution in [1.29, 1.82) is 0 Å². The molecule has 6 nitrogen and oxygen atoms in total. The van der Waals surface area contributed by atoms with Crippen molar-refractivity contribution in [2.24, 2.45) is 0 Å². The van der Waals surface area contributed by atoms with Gasteiger partial charge in [0.2, 0.25) is 0 Å². The summed E-state index contributed by atoms with van der Waals surface area (Å²) in [5, 5.41) is 8.25. The molecule has 0 bridgehead atoms. The molecule has 0 heterocycles. The summed E-state index contributed by atoms with van der Waals surface area (Å²) in [6.45, 7) is -0.500. The van der Waals surface area contributed by atoms with E-state index in [0.29, 0.717) is 0 Å². The number of carbonyl (C=O) groups excluding carboxylic acids is 1. The first-order valence-electron chi connectivity index (χ1n) is 1.14. The van der Waals surface area contributed by atoms with Gasteiger partial charge >= 0.3 is 238 Å². The maximum absolute atomic E-state index is 8.65. The summed E-state index contributed by atoms with van der Waals surface area (Å²) in [5.41, 5.74) is 0. The molecule has 0 aromatic rings. The van der Waals surface area contributed by atoms with Crippen molar-refractivity contribution in [3.8, 4) is 0 Å². The predicted octanol–water partition coefficient (Wildman–Crippen LogP) is -13.2. The second kappa shape index (κ2) is 21.2. The quantitative estimate of drug-likeness (QED) is 0.233. The zero-order valence-corrected chi connectivity index (χ0v) is 28.2. The zero-order valence-electron chi connectivity index (χ0n) is 6.44. The van der Waals surface area contributed by atoms with Crippen molar-refractivity contribution in [2.75, 3.05) is 0 Å². The van der Waals surface area contributed by atoms with Crippen LogP contribution in [0.4, 0.5) is 0 Å². The van der Waals surface area contributed by atoms with Gasteiger partial charge in [-0.2, -0.15) is 0 Å². The van der Waals surface area contributed by atoms with Gasteiger partial charge in [0.25, 0.3) is 0 Å². The molecule has 0 spiro atoms. The number of carbonyl (C=O) groups is 1. The number of hydrogen-bond acceptors (Lipinski definition) is 6. The van der Waals surface area contributed by atoms with E-state index in [1.165, 1.54) is 0 Å². The third-order valence-electron chi connectivity index (χ3n) is 0. The Hall–Kier alpha value is 5.83. The molecule has 11 heavy (non-hydrogen) atoms. The number of hydrogen-bond donors (Lipinski definition) is 0. The Balaban J connectivity index is -0.0000000183. The van der Waals surface area contributed by atoms with Crippen LogP contribution in [0.25, 0.3) is 0 Å². The monoisotopic (exact) mass is 692 g/mol. The Labute approximate surface area is 244 Å². The molecule has 0 aliphatic carbocycles. The van der Waals surface area contributed by atoms with Gasteiger partial charge in [-0.1, -0.05) is 0 Å². The summed E-state index contributed by atoms with van der Waals surface area (Å²) in [6.07, 6.45) is 0. The van der Waals surface area contributed by atoms with E-state index in [9.17, 15) is 0 Å². The number of rotatable bonds is 0. The molecule has 0 radical (unpaired) electrons. The Morgan fingerprint density at radius 2 is 1.00 bits per heavy atom. The van der Waals surface area contributed by atoms with Crippen LogP contribution in [0.15, 0.2) is 0 Å². The van der Waals surface area contributed by atoms with Gasteiger partial charge in [-0.15, -0.1) is 0 Å². The van der Waals surface area contributed by atoms with E-state index in [-0.39, 0.29) is 207 Å². The van der Waals surface area contributed by atoms with Gasteiger partial charge in [-0.3, -0.25) is 0 Å². The van der Waals surface area contributed by atoms with Crippen LogP contribution in [0.2, 0.25) is 0 Å². The summed E-state index contributed by atoms with van der Waals surface area (Å²) in [7, 11) is 0. The van der Waals surface area contributed by atoms with E-state index in [1.54, 1.807) is 0 Å². The summed E-state index contributed by atoms with van der Waals surface area (Å²) < 4.78 is 34.6. The van der Waals surface area contributed by atoms with Crippen molar-refractivity contribution in [3.63, 3.8) is 0 Å². The Kier molecular flexibility index (Phi) is 58.0. The van der Waals surface area contributed by atoms with Crippen molar-refractivity contribution in [1.82, 2.24) is 0 Å². The van der Waals surface area contributed by atoms with E-state index in [2.05, 4.69) is 0 Å². The molecule has 0 aliphatic heterocycles. The topological polar surface area (TPSA) is 120 Å². The molecule has 10 heteroatoms. The van der Waals surface area contributed by atoms with Gasteiger partial charge in [0.05, 0.1) is 0 Å². The first-order valence-corrected chi connectivity index (χ1v) is 5.93. The van der Waals surface area contributed by atoms with Crippen LogP contribution in [-0.4, -0.2) is 6.47 Å². The van der Waals surface area contributed by atoms with Crippen molar-refractivity contribution in [3.05, 3.63) is 0 Å². The third kappa shape index (κ3) is 89.0. The minimum absolute atomic E-state index is 0. The average Bonchev–Trinajstić information content (AvgIpc) is 1.27. The summed E-state index contributed by atoms with van der Waals surface area (Å²) in [4.78, 5) is 8.25. The fourth-order valence-corrected chi connectivity index (χ4v) is 0. The molecule has 0 amide bonds. The van der Waals surface area contributed by atoms with Gasteiger partial charge in [-0.05, 0) is 0 Å². The molecule has 0 aliphatic rings. The van der Waals surface area contributed by atoms with Gasteiger partial charge in [0, 0.05) is 6.47 Å². The van der Waals surface area contributed by atoms with Gasteiger partial charge in [0.1, 0.15) is 0 Å². The van der Waals surface area contributed by atoms with Crippen LogP contribution in [-0.2, 0) is 28.3 Å². The average molecular weight is 692 g/mol. The zero-order chi connectivity index (χ0) is 7.21. The van der Waals surface area contributed by atoms with Crippen LogP contribution in [0.3, 0.4) is 0 Å². The normalized spacial score (nSPS) is 6.36. The molecular weight excluding hydrogens is 691 g/mol. The van der Waals surface area contributed by atoms with Gasteiger partial charge < -0.3 is 9.90 Å². The fourth-order valence-electron chi connectivity index (χ4n) is 0. The van der Waals surface area contributed by atoms with E-state index < -0.39 is 23.2 Å². The molecule has 0 aromatic carbocycles. The van der Waals surface area contributed by atoms with Crippen molar-refractivity contribution < 1.29 is 248 Å². The Morgan fingerprint density at radius 3 is 1.00 bits per heavy atom. The van der Waals surface area contributed by atoms with E-state index >= 15 is 0 Å². The molecule has 0 saturated heterocycles. The summed E-state index contributed by atoms with van der Waals surface area (Å²) in [6, 6.07) is 0. The molecule has 0 aromatic heterocycles. The van der Waals surface area contributed by atoms with Crippen LogP contribution < -0.4 is 219 Å². The standard InChI is InChI=1S/CH2O2.3Cs.4O.W/c2-1-3;;;;;;;;/h1H,(H,2,3);;;;;;;;/q;3*+1;;;2*-1;/p-1.